The molecule has 0 radical (unpaired) electrons. The highest BCUT2D eigenvalue weighted by Gasteiger charge is 2.18. The zero-order chi connectivity index (χ0) is 15.1. The maximum absolute atomic E-state index is 11.9. The molecule has 0 aliphatic rings. The number of ketones is 3. The molecule has 1 rings (SSSR count). The Labute approximate surface area is 122 Å². The zero-order valence-electron chi connectivity index (χ0n) is 11.4. The molecule has 1 heterocycles. The molecule has 0 saturated carbocycles. The van der Waals surface area contributed by atoms with E-state index in [1.807, 2.05) is 11.0 Å². The maximum Gasteiger partial charge on any atom is 0.205 e. The maximum atomic E-state index is 11.9. The van der Waals surface area contributed by atoms with E-state index in [1.165, 1.54) is 18.3 Å². The monoisotopic (exact) mass is 291 g/mol. The fourth-order valence-electron chi connectivity index (χ4n) is 1.57. The Morgan fingerprint density at radius 3 is 2.30 bits per heavy atom. The van der Waals surface area contributed by atoms with E-state index in [-0.39, 0.29) is 12.2 Å². The summed E-state index contributed by atoms with van der Waals surface area (Å²) in [4.78, 5) is 36.5. The van der Waals surface area contributed by atoms with Crippen molar-refractivity contribution >= 4 is 33.7 Å². The van der Waals surface area contributed by atoms with E-state index < -0.39 is 11.6 Å². The minimum atomic E-state index is -0.654. The molecule has 20 heavy (non-hydrogen) atoms. The van der Waals surface area contributed by atoms with Crippen LogP contribution in [-0.4, -0.2) is 30.4 Å². The summed E-state index contributed by atoms with van der Waals surface area (Å²) in [6.07, 6.45) is 3.17. The molecule has 0 bridgehead atoms. The van der Waals surface area contributed by atoms with E-state index in [2.05, 4.69) is 13.2 Å². The molecule has 0 atom stereocenters. The number of hydrogen-bond acceptors (Lipinski definition) is 5. The van der Waals surface area contributed by atoms with E-state index in [1.54, 1.807) is 18.2 Å². The quantitative estimate of drug-likeness (QED) is 0.304. The first-order chi connectivity index (χ1) is 9.49. The minimum Gasteiger partial charge on any atom is -0.356 e. The first-order valence-corrected chi connectivity index (χ1v) is 6.94. The second kappa shape index (κ2) is 7.55. The number of hydrogen-bond donors (Lipinski definition) is 0. The Hall–Kier alpha value is -2.01. The molecule has 0 aliphatic carbocycles. The van der Waals surface area contributed by atoms with Gasteiger partial charge in [0.05, 0.1) is 16.3 Å². The summed E-state index contributed by atoms with van der Waals surface area (Å²) >= 11 is 1.30. The highest BCUT2D eigenvalue weighted by molar-refractivity contribution is 7.18. The van der Waals surface area contributed by atoms with Crippen molar-refractivity contribution in [2.24, 2.45) is 0 Å². The van der Waals surface area contributed by atoms with Gasteiger partial charge in [-0.15, -0.1) is 24.5 Å². The van der Waals surface area contributed by atoms with E-state index in [9.17, 15) is 14.4 Å². The number of thiophene rings is 1. The zero-order valence-corrected chi connectivity index (χ0v) is 12.2. The molecule has 0 saturated heterocycles. The largest absolute Gasteiger partial charge is 0.356 e. The van der Waals surface area contributed by atoms with E-state index >= 15 is 0 Å². The Kier molecular flexibility index (Phi) is 6.06. The standard InChI is InChI=1S/C15H17NO3S/c1-4-8-16(9-5-2)15-7-6-14(20-15)13(19)10-12(18)11(3)17/h4-7H,1-2,8-10H2,3H3. The summed E-state index contributed by atoms with van der Waals surface area (Å²) in [5, 5.41) is 0.906. The summed E-state index contributed by atoms with van der Waals surface area (Å²) in [5.74, 6) is -1.56. The third-order valence-corrected chi connectivity index (χ3v) is 3.78. The van der Waals surface area contributed by atoms with Gasteiger partial charge in [0.1, 0.15) is 0 Å². The summed E-state index contributed by atoms with van der Waals surface area (Å²) in [6, 6.07) is 3.50. The second-order valence-corrected chi connectivity index (χ2v) is 5.26. The molecular weight excluding hydrogens is 274 g/mol. The first kappa shape index (κ1) is 16.0. The van der Waals surface area contributed by atoms with Gasteiger partial charge in [-0.25, -0.2) is 0 Å². The van der Waals surface area contributed by atoms with Crippen molar-refractivity contribution < 1.29 is 14.4 Å². The van der Waals surface area contributed by atoms with Crippen LogP contribution in [0.3, 0.4) is 0 Å². The lowest BCUT2D eigenvalue weighted by atomic mass is 10.1. The molecule has 0 fully saturated rings. The molecule has 0 aromatic carbocycles. The first-order valence-electron chi connectivity index (χ1n) is 6.13. The average Bonchev–Trinajstić information content (AvgIpc) is 2.87. The van der Waals surface area contributed by atoms with Gasteiger partial charge in [-0.05, 0) is 12.1 Å². The summed E-state index contributed by atoms with van der Waals surface area (Å²) in [7, 11) is 0. The van der Waals surface area contributed by atoms with Gasteiger partial charge < -0.3 is 4.90 Å². The van der Waals surface area contributed by atoms with Crippen LogP contribution in [0.2, 0.25) is 0 Å². The van der Waals surface area contributed by atoms with Gasteiger partial charge in [-0.1, -0.05) is 12.2 Å². The highest BCUT2D eigenvalue weighted by atomic mass is 32.1. The smallest absolute Gasteiger partial charge is 0.205 e. The summed E-state index contributed by atoms with van der Waals surface area (Å²) in [5.41, 5.74) is 0. The predicted molar refractivity (Wildman–Crippen MR) is 81.6 cm³/mol. The third-order valence-electron chi connectivity index (χ3n) is 2.59. The fourth-order valence-corrected chi connectivity index (χ4v) is 2.53. The van der Waals surface area contributed by atoms with E-state index in [0.717, 1.165) is 5.00 Å². The topological polar surface area (TPSA) is 54.5 Å². The molecular formula is C15H17NO3S. The van der Waals surface area contributed by atoms with Gasteiger partial charge in [0.15, 0.2) is 11.6 Å². The van der Waals surface area contributed by atoms with Crippen LogP contribution in [0.25, 0.3) is 0 Å². The van der Waals surface area contributed by atoms with Crippen molar-refractivity contribution in [3.05, 3.63) is 42.3 Å². The molecule has 106 valence electrons. The van der Waals surface area contributed by atoms with Crippen molar-refractivity contribution in [3.63, 3.8) is 0 Å². The molecule has 0 N–H and O–H groups in total. The summed E-state index contributed by atoms with van der Waals surface area (Å²) < 4.78 is 0. The van der Waals surface area contributed by atoms with Crippen molar-refractivity contribution in [1.29, 1.82) is 0 Å². The Balaban J connectivity index is 2.82. The molecule has 0 aliphatic heterocycles. The molecule has 1 aromatic heterocycles. The Bertz CT molecular complexity index is 535. The molecule has 1 aromatic rings. The van der Waals surface area contributed by atoms with Gasteiger partial charge in [0.2, 0.25) is 5.78 Å². The third kappa shape index (κ3) is 4.28. The van der Waals surface area contributed by atoms with Crippen LogP contribution in [0.15, 0.2) is 37.4 Å². The van der Waals surface area contributed by atoms with Crippen LogP contribution in [0.4, 0.5) is 5.00 Å². The van der Waals surface area contributed by atoms with Crippen LogP contribution in [0.1, 0.15) is 23.0 Å². The van der Waals surface area contributed by atoms with Crippen molar-refractivity contribution in [2.75, 3.05) is 18.0 Å². The molecule has 0 unspecified atom stereocenters. The van der Waals surface area contributed by atoms with E-state index in [0.29, 0.717) is 18.0 Å². The van der Waals surface area contributed by atoms with Gasteiger partial charge in [-0.3, -0.25) is 14.4 Å². The number of anilines is 1. The minimum absolute atomic E-state index is 0.321. The number of nitrogens with zero attached hydrogens (tertiary/aromatic N) is 1. The Morgan fingerprint density at radius 2 is 1.80 bits per heavy atom. The fraction of sp³-hybridized carbons (Fsp3) is 0.267. The number of Topliss-reactive ketones (excluding diaryl/α,β-unsaturated/α-hetero) is 3. The summed E-state index contributed by atoms with van der Waals surface area (Å²) in [6.45, 7) is 9.84. The van der Waals surface area contributed by atoms with Crippen molar-refractivity contribution in [3.8, 4) is 0 Å². The Morgan fingerprint density at radius 1 is 1.20 bits per heavy atom. The van der Waals surface area contributed by atoms with Crippen LogP contribution in [0.5, 0.6) is 0 Å². The lowest BCUT2D eigenvalue weighted by molar-refractivity contribution is -0.134. The SMILES string of the molecule is C=CCN(CC=C)c1ccc(C(=O)CC(=O)C(C)=O)s1. The average molecular weight is 291 g/mol. The number of carbonyl (C=O) groups excluding carboxylic acids is 3. The predicted octanol–water partition coefficient (Wildman–Crippen LogP) is 2.66. The van der Waals surface area contributed by atoms with Crippen LogP contribution >= 0.6 is 11.3 Å². The highest BCUT2D eigenvalue weighted by Crippen LogP contribution is 2.27. The number of rotatable bonds is 9. The van der Waals surface area contributed by atoms with E-state index in [4.69, 9.17) is 0 Å². The van der Waals surface area contributed by atoms with Crippen molar-refractivity contribution in [2.45, 2.75) is 13.3 Å². The molecule has 0 spiro atoms. The van der Waals surface area contributed by atoms with Crippen molar-refractivity contribution in [1.82, 2.24) is 0 Å². The van der Waals surface area contributed by atoms with Crippen LogP contribution in [-0.2, 0) is 9.59 Å². The normalized spacial score (nSPS) is 9.85. The molecule has 0 amide bonds. The van der Waals surface area contributed by atoms with Gasteiger partial charge in [-0.2, -0.15) is 0 Å². The van der Waals surface area contributed by atoms with Gasteiger partial charge >= 0.3 is 0 Å². The van der Waals surface area contributed by atoms with Crippen LogP contribution in [0, 0.1) is 0 Å². The number of carbonyl (C=O) groups is 3. The lowest BCUT2D eigenvalue weighted by Crippen LogP contribution is -2.21. The second-order valence-electron chi connectivity index (χ2n) is 4.20. The van der Waals surface area contributed by atoms with Crippen LogP contribution < -0.4 is 4.90 Å². The van der Waals surface area contributed by atoms with Gasteiger partial charge in [0, 0.05) is 20.0 Å². The van der Waals surface area contributed by atoms with Gasteiger partial charge in [0.25, 0.3) is 0 Å². The molecule has 4 nitrogen and oxygen atoms in total. The lowest BCUT2D eigenvalue weighted by Gasteiger charge is -2.18. The molecule has 5 heteroatoms.